The molecule has 0 aliphatic carbocycles. The molecule has 0 bridgehead atoms. The van der Waals surface area contributed by atoms with Crippen molar-refractivity contribution in [3.63, 3.8) is 0 Å². The molecule has 106 valence electrons. The zero-order chi connectivity index (χ0) is 13.8. The smallest absolute Gasteiger partial charge is 0.0874 e. The molecule has 1 atom stereocenters. The molecular formula is C16H26N2O. The first-order valence-corrected chi connectivity index (χ1v) is 7.22. The lowest BCUT2D eigenvalue weighted by Gasteiger charge is -2.31. The Morgan fingerprint density at radius 1 is 1.42 bits per heavy atom. The van der Waals surface area contributed by atoms with Gasteiger partial charge in [0.05, 0.1) is 12.7 Å². The van der Waals surface area contributed by atoms with Crippen LogP contribution in [0.5, 0.6) is 0 Å². The molecule has 3 nitrogen and oxygen atoms in total. The molecule has 19 heavy (non-hydrogen) atoms. The van der Waals surface area contributed by atoms with Crippen molar-refractivity contribution in [3.8, 4) is 0 Å². The van der Waals surface area contributed by atoms with Crippen molar-refractivity contribution in [1.29, 1.82) is 0 Å². The van der Waals surface area contributed by atoms with Gasteiger partial charge < -0.3 is 15.0 Å². The lowest BCUT2D eigenvalue weighted by atomic mass is 9.97. The average Bonchev–Trinajstić information content (AvgIpc) is 2.39. The van der Waals surface area contributed by atoms with Gasteiger partial charge in [0.15, 0.2) is 0 Å². The second-order valence-corrected chi connectivity index (χ2v) is 5.74. The standard InChI is InChI=1S/C16H26N2O/c1-12(2)15-7-5-6-13(3)16(15)18(4)11-14-10-17-8-9-19-14/h5-7,12,14,17H,8-11H2,1-4H3. The molecule has 2 rings (SSSR count). The Morgan fingerprint density at radius 2 is 2.21 bits per heavy atom. The summed E-state index contributed by atoms with van der Waals surface area (Å²) in [7, 11) is 2.17. The number of para-hydroxylation sites is 1. The Bertz CT molecular complexity index is 411. The van der Waals surface area contributed by atoms with Crippen molar-refractivity contribution in [1.82, 2.24) is 5.32 Å². The van der Waals surface area contributed by atoms with E-state index in [9.17, 15) is 0 Å². The van der Waals surface area contributed by atoms with Crippen LogP contribution in [0.25, 0.3) is 0 Å². The first kappa shape index (κ1) is 14.4. The van der Waals surface area contributed by atoms with Crippen LogP contribution in [-0.2, 0) is 4.74 Å². The van der Waals surface area contributed by atoms with Gasteiger partial charge in [-0.05, 0) is 24.0 Å². The van der Waals surface area contributed by atoms with Crippen molar-refractivity contribution in [2.75, 3.05) is 38.2 Å². The van der Waals surface area contributed by atoms with Gasteiger partial charge in [-0.2, -0.15) is 0 Å². The first-order valence-electron chi connectivity index (χ1n) is 7.22. The predicted molar refractivity (Wildman–Crippen MR) is 81.1 cm³/mol. The van der Waals surface area contributed by atoms with Crippen LogP contribution in [0.4, 0.5) is 5.69 Å². The number of nitrogens with one attached hydrogen (secondary N) is 1. The minimum Gasteiger partial charge on any atom is -0.374 e. The van der Waals surface area contributed by atoms with E-state index in [1.54, 1.807) is 0 Å². The highest BCUT2D eigenvalue weighted by atomic mass is 16.5. The lowest BCUT2D eigenvalue weighted by molar-refractivity contribution is 0.0340. The van der Waals surface area contributed by atoms with Gasteiger partial charge in [-0.1, -0.05) is 32.0 Å². The Kier molecular flexibility index (Phi) is 4.83. The Morgan fingerprint density at radius 3 is 2.84 bits per heavy atom. The maximum atomic E-state index is 5.81. The lowest BCUT2D eigenvalue weighted by Crippen LogP contribution is -2.44. The van der Waals surface area contributed by atoms with E-state index in [2.05, 4.69) is 56.2 Å². The van der Waals surface area contributed by atoms with Crippen LogP contribution >= 0.6 is 0 Å². The molecule has 1 saturated heterocycles. The number of nitrogens with zero attached hydrogens (tertiary/aromatic N) is 1. The number of hydrogen-bond acceptors (Lipinski definition) is 3. The van der Waals surface area contributed by atoms with Gasteiger partial charge in [0.25, 0.3) is 0 Å². The molecule has 1 aliphatic rings. The van der Waals surface area contributed by atoms with Crippen LogP contribution in [0.2, 0.25) is 0 Å². The third-order valence-electron chi connectivity index (χ3n) is 3.75. The van der Waals surface area contributed by atoms with E-state index in [0.29, 0.717) is 12.0 Å². The van der Waals surface area contributed by atoms with Crippen LogP contribution < -0.4 is 10.2 Å². The summed E-state index contributed by atoms with van der Waals surface area (Å²) in [4.78, 5) is 2.35. The number of rotatable bonds is 4. The minimum atomic E-state index is 0.290. The number of likely N-dealkylation sites (N-methyl/N-ethyl adjacent to an activating group) is 1. The fourth-order valence-corrected chi connectivity index (χ4v) is 2.80. The van der Waals surface area contributed by atoms with E-state index in [1.807, 2.05) is 0 Å². The second kappa shape index (κ2) is 6.40. The van der Waals surface area contributed by atoms with Gasteiger partial charge in [0, 0.05) is 32.4 Å². The maximum Gasteiger partial charge on any atom is 0.0874 e. The van der Waals surface area contributed by atoms with E-state index < -0.39 is 0 Å². The van der Waals surface area contributed by atoms with E-state index in [-0.39, 0.29) is 0 Å². The number of hydrogen-bond donors (Lipinski definition) is 1. The molecule has 0 radical (unpaired) electrons. The molecule has 0 amide bonds. The van der Waals surface area contributed by atoms with Gasteiger partial charge >= 0.3 is 0 Å². The summed E-state index contributed by atoms with van der Waals surface area (Å²) in [5, 5.41) is 3.39. The summed E-state index contributed by atoms with van der Waals surface area (Å²) in [6.45, 7) is 10.4. The molecular weight excluding hydrogens is 236 g/mol. The molecule has 1 aromatic carbocycles. The van der Waals surface area contributed by atoms with Crippen LogP contribution in [0.3, 0.4) is 0 Å². The topological polar surface area (TPSA) is 24.5 Å². The molecule has 1 aliphatic heterocycles. The van der Waals surface area contributed by atoms with Crippen LogP contribution in [0.15, 0.2) is 18.2 Å². The van der Waals surface area contributed by atoms with Crippen molar-refractivity contribution in [2.24, 2.45) is 0 Å². The zero-order valence-electron chi connectivity index (χ0n) is 12.6. The van der Waals surface area contributed by atoms with E-state index in [4.69, 9.17) is 4.74 Å². The zero-order valence-corrected chi connectivity index (χ0v) is 12.6. The fourth-order valence-electron chi connectivity index (χ4n) is 2.80. The summed E-state index contributed by atoms with van der Waals surface area (Å²) in [6, 6.07) is 6.59. The molecule has 0 spiro atoms. The molecule has 0 aromatic heterocycles. The highest BCUT2D eigenvalue weighted by molar-refractivity contribution is 5.60. The molecule has 3 heteroatoms. The van der Waals surface area contributed by atoms with E-state index in [1.165, 1.54) is 16.8 Å². The quantitative estimate of drug-likeness (QED) is 0.902. The minimum absolute atomic E-state index is 0.290. The summed E-state index contributed by atoms with van der Waals surface area (Å²) in [5.41, 5.74) is 4.13. The predicted octanol–water partition coefficient (Wildman–Crippen LogP) is 2.54. The van der Waals surface area contributed by atoms with Gasteiger partial charge in [0.1, 0.15) is 0 Å². The van der Waals surface area contributed by atoms with Crippen molar-refractivity contribution < 1.29 is 4.74 Å². The number of aryl methyl sites for hydroxylation is 1. The van der Waals surface area contributed by atoms with Gasteiger partial charge in [0.2, 0.25) is 0 Å². The van der Waals surface area contributed by atoms with Gasteiger partial charge in [-0.25, -0.2) is 0 Å². The Labute approximate surface area is 116 Å². The molecule has 1 N–H and O–H groups in total. The molecule has 1 heterocycles. The van der Waals surface area contributed by atoms with Crippen molar-refractivity contribution in [2.45, 2.75) is 32.8 Å². The normalized spacial score (nSPS) is 19.7. The SMILES string of the molecule is Cc1cccc(C(C)C)c1N(C)CC1CNCCO1. The van der Waals surface area contributed by atoms with Crippen LogP contribution in [-0.4, -0.2) is 39.4 Å². The second-order valence-electron chi connectivity index (χ2n) is 5.74. The maximum absolute atomic E-state index is 5.81. The Balaban J connectivity index is 2.15. The third kappa shape index (κ3) is 3.48. The Hall–Kier alpha value is -1.06. The monoisotopic (exact) mass is 262 g/mol. The number of anilines is 1. The largest absolute Gasteiger partial charge is 0.374 e. The van der Waals surface area contributed by atoms with Gasteiger partial charge in [-0.3, -0.25) is 0 Å². The molecule has 1 unspecified atom stereocenters. The number of morpholine rings is 1. The van der Waals surface area contributed by atoms with E-state index >= 15 is 0 Å². The van der Waals surface area contributed by atoms with Crippen molar-refractivity contribution >= 4 is 5.69 Å². The molecule has 1 fully saturated rings. The van der Waals surface area contributed by atoms with E-state index in [0.717, 1.165) is 26.2 Å². The third-order valence-corrected chi connectivity index (χ3v) is 3.75. The number of ether oxygens (including phenoxy) is 1. The molecule has 1 aromatic rings. The summed E-state index contributed by atoms with van der Waals surface area (Å²) in [6.07, 6.45) is 0.290. The van der Waals surface area contributed by atoms with Crippen LogP contribution in [0.1, 0.15) is 30.9 Å². The summed E-state index contributed by atoms with van der Waals surface area (Å²) in [5.74, 6) is 0.544. The first-order chi connectivity index (χ1) is 9.09. The van der Waals surface area contributed by atoms with Gasteiger partial charge in [-0.15, -0.1) is 0 Å². The van der Waals surface area contributed by atoms with Crippen molar-refractivity contribution in [3.05, 3.63) is 29.3 Å². The highest BCUT2D eigenvalue weighted by Crippen LogP contribution is 2.30. The molecule has 0 saturated carbocycles. The number of benzene rings is 1. The summed E-state index contributed by atoms with van der Waals surface area (Å²) < 4.78 is 5.81. The fraction of sp³-hybridized carbons (Fsp3) is 0.625. The summed E-state index contributed by atoms with van der Waals surface area (Å²) >= 11 is 0. The van der Waals surface area contributed by atoms with Crippen LogP contribution in [0, 0.1) is 6.92 Å². The average molecular weight is 262 g/mol. The highest BCUT2D eigenvalue weighted by Gasteiger charge is 2.19.